The molecule has 4 rings (SSSR count). The van der Waals surface area contributed by atoms with Crippen molar-refractivity contribution in [3.8, 4) is 0 Å². The van der Waals surface area contributed by atoms with Crippen LogP contribution in [0.15, 0.2) is 0 Å². The highest BCUT2D eigenvalue weighted by Crippen LogP contribution is 2.61. The summed E-state index contributed by atoms with van der Waals surface area (Å²) in [6, 6.07) is 0.485. The summed E-state index contributed by atoms with van der Waals surface area (Å²) in [5.74, 6) is 0.555. The van der Waals surface area contributed by atoms with E-state index in [1.165, 1.54) is 0 Å². The van der Waals surface area contributed by atoms with Crippen molar-refractivity contribution in [3.05, 3.63) is 0 Å². The Morgan fingerprint density at radius 3 is 3.08 bits per heavy atom. The van der Waals surface area contributed by atoms with Crippen LogP contribution in [0.3, 0.4) is 0 Å². The lowest BCUT2D eigenvalue weighted by Gasteiger charge is -2.41. The Balaban J connectivity index is 1.95. The van der Waals surface area contributed by atoms with Gasteiger partial charge in [0.1, 0.15) is 6.10 Å². The van der Waals surface area contributed by atoms with Crippen LogP contribution in [-0.2, 0) is 9.53 Å². The van der Waals surface area contributed by atoms with Crippen LogP contribution < -0.4 is 0 Å². The summed E-state index contributed by atoms with van der Waals surface area (Å²) in [5.41, 5.74) is 0.358. The Hall–Kier alpha value is -0.570. The van der Waals surface area contributed by atoms with Gasteiger partial charge in [-0.1, -0.05) is 6.92 Å². The molecule has 2 bridgehead atoms. The van der Waals surface area contributed by atoms with E-state index in [0.717, 1.165) is 6.42 Å². The molecule has 3 nitrogen and oxygen atoms in total. The Morgan fingerprint density at radius 2 is 2.42 bits per heavy atom. The molecule has 4 aliphatic rings. The zero-order valence-corrected chi connectivity index (χ0v) is 7.41. The fraction of sp³-hybridized carbons (Fsp3) is 0.889. The molecule has 3 heteroatoms. The molecule has 3 saturated heterocycles. The standard InChI is InChI=1S/C9H13NO2/c1-5-6-4-9(5)7(10(9)2)3-8(11)12-6/h5-7H,3-4H2,1-2H3. The van der Waals surface area contributed by atoms with Crippen LogP contribution in [0.5, 0.6) is 0 Å². The zero-order valence-electron chi connectivity index (χ0n) is 7.41. The smallest absolute Gasteiger partial charge is 0.307 e. The number of ether oxygens (including phenoxy) is 1. The molecule has 3 heterocycles. The zero-order chi connectivity index (χ0) is 8.51. The summed E-state index contributed by atoms with van der Waals surface area (Å²) in [4.78, 5) is 13.5. The second-order valence-electron chi connectivity index (χ2n) is 4.34. The Kier molecular flexibility index (Phi) is 0.971. The molecule has 0 N–H and O–H groups in total. The number of fused-ring (bicyclic) bond motifs is 2. The van der Waals surface area contributed by atoms with Gasteiger partial charge < -0.3 is 4.74 Å². The van der Waals surface area contributed by atoms with E-state index in [1.807, 2.05) is 0 Å². The molecule has 0 amide bonds. The highest BCUT2D eigenvalue weighted by Gasteiger charge is 2.74. The first-order chi connectivity index (χ1) is 5.66. The van der Waals surface area contributed by atoms with Crippen molar-refractivity contribution in [1.82, 2.24) is 4.90 Å². The van der Waals surface area contributed by atoms with E-state index in [0.29, 0.717) is 23.9 Å². The highest BCUT2D eigenvalue weighted by molar-refractivity contribution is 5.73. The molecule has 0 aromatic carbocycles. The minimum atomic E-state index is 0.000532. The first kappa shape index (κ1) is 6.89. The number of rotatable bonds is 0. The quantitative estimate of drug-likeness (QED) is 0.386. The number of likely N-dealkylation sites (N-methyl/N-ethyl adjacent to an activating group) is 1. The van der Waals surface area contributed by atoms with E-state index in [4.69, 9.17) is 4.74 Å². The first-order valence-corrected chi connectivity index (χ1v) is 4.58. The van der Waals surface area contributed by atoms with Gasteiger partial charge in [-0.15, -0.1) is 0 Å². The van der Waals surface area contributed by atoms with Crippen molar-refractivity contribution >= 4 is 5.97 Å². The Labute approximate surface area is 71.7 Å². The highest BCUT2D eigenvalue weighted by atomic mass is 16.5. The van der Waals surface area contributed by atoms with E-state index in [2.05, 4.69) is 18.9 Å². The van der Waals surface area contributed by atoms with Crippen LogP contribution in [-0.4, -0.2) is 35.6 Å². The maximum Gasteiger partial charge on any atom is 0.307 e. The van der Waals surface area contributed by atoms with Gasteiger partial charge in [-0.05, 0) is 7.05 Å². The van der Waals surface area contributed by atoms with Gasteiger partial charge in [-0.2, -0.15) is 0 Å². The van der Waals surface area contributed by atoms with Crippen molar-refractivity contribution in [1.29, 1.82) is 0 Å². The normalized spacial score (nSPS) is 61.0. The van der Waals surface area contributed by atoms with Gasteiger partial charge in [0.25, 0.3) is 0 Å². The largest absolute Gasteiger partial charge is 0.462 e. The summed E-state index contributed by atoms with van der Waals surface area (Å²) in [5, 5.41) is 0. The third-order valence-corrected chi connectivity index (χ3v) is 4.15. The molecule has 5 unspecified atom stereocenters. The van der Waals surface area contributed by atoms with Crippen LogP contribution in [0.1, 0.15) is 19.8 Å². The molecule has 0 aromatic rings. The Morgan fingerprint density at radius 1 is 1.67 bits per heavy atom. The number of carbonyl (C=O) groups is 1. The first-order valence-electron chi connectivity index (χ1n) is 4.58. The third-order valence-electron chi connectivity index (χ3n) is 4.15. The summed E-state index contributed by atoms with van der Waals surface area (Å²) in [7, 11) is 2.12. The van der Waals surface area contributed by atoms with Gasteiger partial charge in [0.2, 0.25) is 0 Å². The maximum atomic E-state index is 11.2. The average Bonchev–Trinajstić information content (AvgIpc) is 2.66. The monoisotopic (exact) mass is 167 g/mol. The van der Waals surface area contributed by atoms with E-state index in [1.54, 1.807) is 0 Å². The van der Waals surface area contributed by atoms with Crippen LogP contribution in [0.2, 0.25) is 0 Å². The van der Waals surface area contributed by atoms with Crippen molar-refractivity contribution < 1.29 is 9.53 Å². The van der Waals surface area contributed by atoms with Crippen molar-refractivity contribution in [2.75, 3.05) is 7.05 Å². The topological polar surface area (TPSA) is 29.3 Å². The second kappa shape index (κ2) is 1.69. The van der Waals surface area contributed by atoms with Gasteiger partial charge in [0, 0.05) is 23.9 Å². The number of carbonyl (C=O) groups excluding carboxylic acids is 1. The lowest BCUT2D eigenvalue weighted by atomic mass is 9.69. The average molecular weight is 167 g/mol. The molecule has 1 saturated carbocycles. The van der Waals surface area contributed by atoms with Crippen LogP contribution in [0.4, 0.5) is 0 Å². The van der Waals surface area contributed by atoms with Crippen LogP contribution in [0, 0.1) is 5.92 Å². The molecule has 5 atom stereocenters. The molecular formula is C9H13NO2. The molecule has 4 fully saturated rings. The molecule has 1 aliphatic carbocycles. The second-order valence-corrected chi connectivity index (χ2v) is 4.34. The minimum absolute atomic E-state index is 0.000532. The van der Waals surface area contributed by atoms with Crippen molar-refractivity contribution in [3.63, 3.8) is 0 Å². The summed E-state index contributed by atoms with van der Waals surface area (Å²) < 4.78 is 5.27. The summed E-state index contributed by atoms with van der Waals surface area (Å²) in [6.07, 6.45) is 1.89. The van der Waals surface area contributed by atoms with Gasteiger partial charge >= 0.3 is 5.97 Å². The van der Waals surface area contributed by atoms with E-state index in [9.17, 15) is 4.79 Å². The third kappa shape index (κ3) is 0.505. The molecule has 66 valence electrons. The van der Waals surface area contributed by atoms with Gasteiger partial charge in [-0.3, -0.25) is 9.69 Å². The fourth-order valence-electron chi connectivity index (χ4n) is 3.15. The van der Waals surface area contributed by atoms with Gasteiger partial charge in [0.05, 0.1) is 6.42 Å². The summed E-state index contributed by atoms with van der Waals surface area (Å²) in [6.45, 7) is 2.20. The van der Waals surface area contributed by atoms with E-state index in [-0.39, 0.29) is 12.1 Å². The molecule has 3 aliphatic heterocycles. The van der Waals surface area contributed by atoms with Gasteiger partial charge in [0.15, 0.2) is 0 Å². The van der Waals surface area contributed by atoms with Crippen molar-refractivity contribution in [2.24, 2.45) is 5.92 Å². The number of esters is 1. The lowest BCUT2D eigenvalue weighted by Crippen LogP contribution is -2.50. The Bertz CT molecular complexity index is 265. The maximum absolute atomic E-state index is 11.2. The van der Waals surface area contributed by atoms with Gasteiger partial charge in [-0.25, -0.2) is 0 Å². The number of hydrogen-bond acceptors (Lipinski definition) is 3. The fourth-order valence-corrected chi connectivity index (χ4v) is 3.15. The van der Waals surface area contributed by atoms with E-state index >= 15 is 0 Å². The molecule has 0 aromatic heterocycles. The predicted molar refractivity (Wildman–Crippen MR) is 42.6 cm³/mol. The predicted octanol–water partition coefficient (Wildman–Crippen LogP) is 0.395. The molecule has 12 heavy (non-hydrogen) atoms. The molecule has 1 spiro atoms. The van der Waals surface area contributed by atoms with Crippen LogP contribution in [0.25, 0.3) is 0 Å². The minimum Gasteiger partial charge on any atom is -0.462 e. The van der Waals surface area contributed by atoms with E-state index < -0.39 is 0 Å². The SMILES string of the molecule is CC1C2CC13C(CC(=O)O2)N3C. The number of nitrogens with zero attached hydrogens (tertiary/aromatic N) is 1. The van der Waals surface area contributed by atoms with Crippen molar-refractivity contribution in [2.45, 2.75) is 37.5 Å². The molecule has 0 radical (unpaired) electrons. The summed E-state index contributed by atoms with van der Waals surface area (Å²) >= 11 is 0. The van der Waals surface area contributed by atoms with Crippen LogP contribution >= 0.6 is 0 Å². The lowest BCUT2D eigenvalue weighted by molar-refractivity contribution is -0.158. The number of hydrogen-bond donors (Lipinski definition) is 0. The molecular weight excluding hydrogens is 154 g/mol.